The first-order chi connectivity index (χ1) is 13.9. The van der Waals surface area contributed by atoms with Crippen LogP contribution in [0.1, 0.15) is 28.7 Å². The number of carbonyl (C=O) groups excluding carboxylic acids is 2. The van der Waals surface area contributed by atoms with Crippen LogP contribution < -0.4 is 5.32 Å². The molecule has 2 amide bonds. The second-order valence-electron chi connectivity index (χ2n) is 6.41. The van der Waals surface area contributed by atoms with E-state index in [4.69, 9.17) is 4.42 Å². The monoisotopic (exact) mass is 434 g/mol. The SMILES string of the molecule is CCCn1c(SCC(=O)Nc2nc(C)c(C(=O)N(C)C)s2)nnc1-c1ccco1. The van der Waals surface area contributed by atoms with E-state index in [0.717, 1.165) is 6.42 Å². The van der Waals surface area contributed by atoms with Gasteiger partial charge in [0.1, 0.15) is 4.88 Å². The first-order valence-electron chi connectivity index (χ1n) is 8.99. The minimum atomic E-state index is -0.224. The average Bonchev–Trinajstić information content (AvgIpc) is 3.40. The molecule has 0 atom stereocenters. The average molecular weight is 435 g/mol. The Morgan fingerprint density at radius 3 is 2.79 bits per heavy atom. The molecular formula is C18H22N6O3S2. The molecule has 0 unspecified atom stereocenters. The largest absolute Gasteiger partial charge is 0.461 e. The zero-order valence-electron chi connectivity index (χ0n) is 16.6. The summed E-state index contributed by atoms with van der Waals surface area (Å²) >= 11 is 2.46. The van der Waals surface area contributed by atoms with Gasteiger partial charge >= 0.3 is 0 Å². The van der Waals surface area contributed by atoms with Crippen molar-refractivity contribution >= 4 is 40.0 Å². The molecule has 0 saturated carbocycles. The van der Waals surface area contributed by atoms with Gasteiger partial charge in [0.25, 0.3) is 5.91 Å². The summed E-state index contributed by atoms with van der Waals surface area (Å²) in [6.07, 6.45) is 2.48. The summed E-state index contributed by atoms with van der Waals surface area (Å²) in [5.74, 6) is 1.07. The maximum absolute atomic E-state index is 12.4. The Morgan fingerprint density at radius 1 is 1.34 bits per heavy atom. The molecule has 0 aliphatic heterocycles. The topological polar surface area (TPSA) is 106 Å². The lowest BCUT2D eigenvalue weighted by molar-refractivity contribution is -0.113. The molecule has 3 aromatic heterocycles. The molecule has 154 valence electrons. The quantitative estimate of drug-likeness (QED) is 0.543. The van der Waals surface area contributed by atoms with E-state index in [-0.39, 0.29) is 17.6 Å². The fourth-order valence-electron chi connectivity index (χ4n) is 2.55. The van der Waals surface area contributed by atoms with Crippen LogP contribution in [0.4, 0.5) is 5.13 Å². The van der Waals surface area contributed by atoms with Crippen molar-refractivity contribution in [3.8, 4) is 11.6 Å². The number of carbonyl (C=O) groups is 2. The van der Waals surface area contributed by atoms with Gasteiger partial charge < -0.3 is 14.6 Å². The molecule has 0 saturated heterocycles. The van der Waals surface area contributed by atoms with Crippen LogP contribution in [-0.4, -0.2) is 56.3 Å². The number of anilines is 1. The highest BCUT2D eigenvalue weighted by atomic mass is 32.2. The van der Waals surface area contributed by atoms with Crippen LogP contribution in [0.2, 0.25) is 0 Å². The van der Waals surface area contributed by atoms with Gasteiger partial charge in [-0.05, 0) is 25.5 Å². The molecule has 3 heterocycles. The van der Waals surface area contributed by atoms with Crippen molar-refractivity contribution in [1.82, 2.24) is 24.6 Å². The van der Waals surface area contributed by atoms with E-state index >= 15 is 0 Å². The lowest BCUT2D eigenvalue weighted by Crippen LogP contribution is -2.21. The van der Waals surface area contributed by atoms with Crippen molar-refractivity contribution in [2.75, 3.05) is 25.2 Å². The van der Waals surface area contributed by atoms with E-state index in [1.807, 2.05) is 10.6 Å². The predicted octanol–water partition coefficient (Wildman–Crippen LogP) is 3.15. The van der Waals surface area contributed by atoms with Crippen molar-refractivity contribution in [2.45, 2.75) is 32.0 Å². The maximum atomic E-state index is 12.4. The van der Waals surface area contributed by atoms with Gasteiger partial charge in [0.15, 0.2) is 21.9 Å². The van der Waals surface area contributed by atoms with Crippen molar-refractivity contribution in [1.29, 1.82) is 0 Å². The van der Waals surface area contributed by atoms with Crippen molar-refractivity contribution in [2.24, 2.45) is 0 Å². The summed E-state index contributed by atoms with van der Waals surface area (Å²) in [6, 6.07) is 3.63. The van der Waals surface area contributed by atoms with Crippen molar-refractivity contribution in [3.05, 3.63) is 29.0 Å². The molecule has 0 aliphatic rings. The lowest BCUT2D eigenvalue weighted by Gasteiger charge is -2.08. The van der Waals surface area contributed by atoms with Crippen molar-refractivity contribution < 1.29 is 14.0 Å². The number of nitrogens with one attached hydrogen (secondary N) is 1. The van der Waals surface area contributed by atoms with Gasteiger partial charge in [-0.25, -0.2) is 4.98 Å². The molecule has 11 heteroatoms. The van der Waals surface area contributed by atoms with Gasteiger partial charge in [0.05, 0.1) is 17.7 Å². The Labute approximate surface area is 176 Å². The second kappa shape index (κ2) is 9.23. The smallest absolute Gasteiger partial charge is 0.265 e. The predicted molar refractivity (Wildman–Crippen MR) is 112 cm³/mol. The van der Waals surface area contributed by atoms with E-state index in [0.29, 0.717) is 39.0 Å². The van der Waals surface area contributed by atoms with E-state index in [9.17, 15) is 9.59 Å². The Hall–Kier alpha value is -2.66. The van der Waals surface area contributed by atoms with Crippen LogP contribution in [0.3, 0.4) is 0 Å². The first kappa shape index (κ1) is 21.1. The lowest BCUT2D eigenvalue weighted by atomic mass is 10.3. The van der Waals surface area contributed by atoms with Crippen LogP contribution in [0.25, 0.3) is 11.6 Å². The molecule has 9 nitrogen and oxygen atoms in total. The third-order valence-corrected chi connectivity index (χ3v) is 5.91. The Bertz CT molecular complexity index is 994. The minimum absolute atomic E-state index is 0.131. The van der Waals surface area contributed by atoms with Crippen LogP contribution in [0, 0.1) is 6.92 Å². The number of rotatable bonds is 8. The van der Waals surface area contributed by atoms with E-state index < -0.39 is 0 Å². The standard InChI is InChI=1S/C18H22N6O3S2/c1-5-8-24-15(12-7-6-9-27-12)21-22-18(24)28-10-13(25)20-17-19-11(2)14(29-17)16(26)23(3)4/h6-7,9H,5,8,10H2,1-4H3,(H,19,20,25). The molecule has 0 radical (unpaired) electrons. The van der Waals surface area contributed by atoms with Gasteiger partial charge in [-0.15, -0.1) is 10.2 Å². The Kier molecular flexibility index (Phi) is 6.70. The van der Waals surface area contributed by atoms with Crippen molar-refractivity contribution in [3.63, 3.8) is 0 Å². The van der Waals surface area contributed by atoms with Crippen LogP contribution in [0.5, 0.6) is 0 Å². The van der Waals surface area contributed by atoms with Gasteiger partial charge in [0, 0.05) is 20.6 Å². The highest BCUT2D eigenvalue weighted by molar-refractivity contribution is 7.99. The maximum Gasteiger partial charge on any atom is 0.265 e. The molecular weight excluding hydrogens is 412 g/mol. The summed E-state index contributed by atoms with van der Waals surface area (Å²) in [5, 5.41) is 12.2. The second-order valence-corrected chi connectivity index (χ2v) is 8.35. The number of amides is 2. The van der Waals surface area contributed by atoms with E-state index in [2.05, 4.69) is 27.4 Å². The molecule has 0 fully saturated rings. The summed E-state index contributed by atoms with van der Waals surface area (Å²) in [6.45, 7) is 4.53. The van der Waals surface area contributed by atoms with Gasteiger partial charge in [-0.2, -0.15) is 0 Å². The highest BCUT2D eigenvalue weighted by Gasteiger charge is 2.19. The first-order valence-corrected chi connectivity index (χ1v) is 10.8. The number of aromatic nitrogens is 4. The van der Waals surface area contributed by atoms with Gasteiger partial charge in [-0.1, -0.05) is 30.0 Å². The van der Waals surface area contributed by atoms with Crippen LogP contribution >= 0.6 is 23.1 Å². The third-order valence-electron chi connectivity index (χ3n) is 3.88. The van der Waals surface area contributed by atoms with E-state index in [1.165, 1.54) is 28.0 Å². The van der Waals surface area contributed by atoms with Crippen LogP contribution in [-0.2, 0) is 11.3 Å². The zero-order valence-corrected chi connectivity index (χ0v) is 18.3. The summed E-state index contributed by atoms with van der Waals surface area (Å²) in [4.78, 5) is 30.8. The van der Waals surface area contributed by atoms with Gasteiger partial charge in [0.2, 0.25) is 5.91 Å². The summed E-state index contributed by atoms with van der Waals surface area (Å²) < 4.78 is 7.37. The summed E-state index contributed by atoms with van der Waals surface area (Å²) in [7, 11) is 3.36. The number of thiazole rings is 1. The third kappa shape index (κ3) is 4.85. The normalized spacial score (nSPS) is 10.9. The molecule has 0 aliphatic carbocycles. The fraction of sp³-hybridized carbons (Fsp3) is 0.389. The Balaban J connectivity index is 1.66. The molecule has 3 aromatic rings. The van der Waals surface area contributed by atoms with Gasteiger partial charge in [-0.3, -0.25) is 14.2 Å². The Morgan fingerprint density at radius 2 is 2.14 bits per heavy atom. The van der Waals surface area contributed by atoms with E-state index in [1.54, 1.807) is 33.3 Å². The molecule has 0 spiro atoms. The molecule has 29 heavy (non-hydrogen) atoms. The minimum Gasteiger partial charge on any atom is -0.461 e. The number of furan rings is 1. The highest BCUT2D eigenvalue weighted by Crippen LogP contribution is 2.26. The number of nitrogens with zero attached hydrogens (tertiary/aromatic N) is 5. The molecule has 0 aromatic carbocycles. The number of hydrogen-bond acceptors (Lipinski definition) is 8. The summed E-state index contributed by atoms with van der Waals surface area (Å²) in [5.41, 5.74) is 0.599. The number of aryl methyl sites for hydroxylation is 1. The number of hydrogen-bond donors (Lipinski definition) is 1. The number of thioether (sulfide) groups is 1. The molecule has 0 bridgehead atoms. The zero-order chi connectivity index (χ0) is 21.0. The van der Waals surface area contributed by atoms with Crippen LogP contribution in [0.15, 0.2) is 28.0 Å². The molecule has 3 rings (SSSR count). The molecule has 1 N–H and O–H groups in total. The fourth-order valence-corrected chi connectivity index (χ4v) is 4.31.